The van der Waals surface area contributed by atoms with E-state index in [4.69, 9.17) is 4.74 Å². The van der Waals surface area contributed by atoms with Crippen LogP contribution in [-0.2, 0) is 28.7 Å². The van der Waals surface area contributed by atoms with Gasteiger partial charge in [-0.05, 0) is 35.7 Å². The fraction of sp³-hybridized carbons (Fsp3) is 0.263. The van der Waals surface area contributed by atoms with Gasteiger partial charge in [-0.1, -0.05) is 30.3 Å². The lowest BCUT2D eigenvalue weighted by atomic mass is 10.00. The molecule has 1 amide bonds. The van der Waals surface area contributed by atoms with E-state index in [1.54, 1.807) is 4.90 Å². The Labute approximate surface area is 148 Å². The topological polar surface area (TPSA) is 46.6 Å². The van der Waals surface area contributed by atoms with E-state index < -0.39 is 24.3 Å². The normalized spacial score (nSPS) is 13.9. The molecule has 136 valence electrons. The highest BCUT2D eigenvalue weighted by molar-refractivity contribution is 5.91. The maximum Gasteiger partial charge on any atom is 0.416 e. The molecule has 2 aromatic carbocycles. The number of halogens is 3. The minimum atomic E-state index is -4.55. The summed E-state index contributed by atoms with van der Waals surface area (Å²) >= 11 is 0. The van der Waals surface area contributed by atoms with Crippen LogP contribution in [0.25, 0.3) is 0 Å². The fourth-order valence-electron chi connectivity index (χ4n) is 2.83. The predicted molar refractivity (Wildman–Crippen MR) is 87.3 cm³/mol. The van der Waals surface area contributed by atoms with Gasteiger partial charge in [0.2, 0.25) is 0 Å². The Hall–Kier alpha value is -2.83. The van der Waals surface area contributed by atoms with E-state index >= 15 is 0 Å². The van der Waals surface area contributed by atoms with Gasteiger partial charge in [-0.15, -0.1) is 0 Å². The first-order chi connectivity index (χ1) is 12.3. The molecular formula is C19H16F3NO3. The van der Waals surface area contributed by atoms with Crippen molar-refractivity contribution >= 4 is 11.9 Å². The van der Waals surface area contributed by atoms with Crippen molar-refractivity contribution in [2.45, 2.75) is 19.1 Å². The summed E-state index contributed by atoms with van der Waals surface area (Å²) in [5.74, 6) is -1.33. The van der Waals surface area contributed by atoms with Gasteiger partial charge < -0.3 is 9.64 Å². The third kappa shape index (κ3) is 4.04. The lowest BCUT2D eigenvalue weighted by molar-refractivity contribution is -0.138. The van der Waals surface area contributed by atoms with Gasteiger partial charge in [0, 0.05) is 13.1 Å². The van der Waals surface area contributed by atoms with E-state index in [0.29, 0.717) is 25.6 Å². The minimum absolute atomic E-state index is 0.239. The van der Waals surface area contributed by atoms with Crippen LogP contribution < -0.4 is 0 Å². The molecule has 0 N–H and O–H groups in total. The van der Waals surface area contributed by atoms with Crippen LogP contribution in [0.3, 0.4) is 0 Å². The molecule has 1 aliphatic rings. The lowest BCUT2D eigenvalue weighted by Crippen LogP contribution is -2.38. The van der Waals surface area contributed by atoms with Crippen LogP contribution >= 0.6 is 0 Å². The van der Waals surface area contributed by atoms with Crippen molar-refractivity contribution in [3.05, 3.63) is 70.8 Å². The second kappa shape index (κ2) is 7.19. The SMILES string of the molecule is O=C(OCC(=O)N1CCc2ccccc2C1)c1cccc(C(F)(F)F)c1. The Balaban J connectivity index is 1.59. The quantitative estimate of drug-likeness (QED) is 0.785. The molecule has 4 nitrogen and oxygen atoms in total. The number of amides is 1. The molecule has 1 aliphatic heterocycles. The second-order valence-corrected chi connectivity index (χ2v) is 5.99. The fourth-order valence-corrected chi connectivity index (χ4v) is 2.83. The van der Waals surface area contributed by atoms with Crippen LogP contribution in [0.15, 0.2) is 48.5 Å². The van der Waals surface area contributed by atoms with Crippen LogP contribution in [0.1, 0.15) is 27.0 Å². The summed E-state index contributed by atoms with van der Waals surface area (Å²) in [6.45, 7) is 0.435. The number of alkyl halides is 3. The molecule has 0 spiro atoms. The zero-order chi connectivity index (χ0) is 18.7. The van der Waals surface area contributed by atoms with Gasteiger partial charge >= 0.3 is 12.1 Å². The van der Waals surface area contributed by atoms with Crippen LogP contribution in [-0.4, -0.2) is 29.9 Å². The maximum absolute atomic E-state index is 12.7. The molecule has 0 bridgehead atoms. The number of fused-ring (bicyclic) bond motifs is 1. The Morgan fingerprint density at radius 3 is 2.50 bits per heavy atom. The maximum atomic E-state index is 12.7. The molecule has 0 aromatic heterocycles. The summed E-state index contributed by atoms with van der Waals surface area (Å²) in [7, 11) is 0. The van der Waals surface area contributed by atoms with Crippen molar-refractivity contribution < 1.29 is 27.5 Å². The van der Waals surface area contributed by atoms with Crippen molar-refractivity contribution in [1.82, 2.24) is 4.90 Å². The smallest absolute Gasteiger partial charge is 0.416 e. The van der Waals surface area contributed by atoms with E-state index in [9.17, 15) is 22.8 Å². The van der Waals surface area contributed by atoms with Gasteiger partial charge in [-0.3, -0.25) is 4.79 Å². The number of benzene rings is 2. The Bertz CT molecular complexity index is 833. The molecule has 0 radical (unpaired) electrons. The highest BCUT2D eigenvalue weighted by Gasteiger charge is 2.31. The zero-order valence-electron chi connectivity index (χ0n) is 13.8. The van der Waals surface area contributed by atoms with E-state index in [-0.39, 0.29) is 11.5 Å². The summed E-state index contributed by atoms with van der Waals surface area (Å²) in [6, 6.07) is 11.7. The molecule has 7 heteroatoms. The zero-order valence-corrected chi connectivity index (χ0v) is 13.8. The summed E-state index contributed by atoms with van der Waals surface area (Å²) < 4.78 is 43.0. The molecule has 0 atom stereocenters. The Kier molecular flexibility index (Phi) is 4.97. The number of hydrogen-bond donors (Lipinski definition) is 0. The van der Waals surface area contributed by atoms with Crippen LogP contribution in [0.2, 0.25) is 0 Å². The van der Waals surface area contributed by atoms with Crippen LogP contribution in [0, 0.1) is 0 Å². The molecule has 0 fully saturated rings. The Morgan fingerprint density at radius 2 is 1.77 bits per heavy atom. The molecule has 26 heavy (non-hydrogen) atoms. The van der Waals surface area contributed by atoms with E-state index in [2.05, 4.69) is 0 Å². The largest absolute Gasteiger partial charge is 0.452 e. The second-order valence-electron chi connectivity index (χ2n) is 5.99. The first-order valence-electron chi connectivity index (χ1n) is 8.03. The minimum Gasteiger partial charge on any atom is -0.452 e. The number of carbonyl (C=O) groups is 2. The molecule has 0 saturated heterocycles. The van der Waals surface area contributed by atoms with Crippen molar-refractivity contribution in [3.8, 4) is 0 Å². The molecule has 2 aromatic rings. The number of hydrogen-bond acceptors (Lipinski definition) is 3. The van der Waals surface area contributed by atoms with Gasteiger partial charge in [0.05, 0.1) is 11.1 Å². The molecule has 1 heterocycles. The summed E-state index contributed by atoms with van der Waals surface area (Å²) in [4.78, 5) is 25.8. The van der Waals surface area contributed by atoms with Gasteiger partial charge in [0.25, 0.3) is 5.91 Å². The molecule has 3 rings (SSSR count). The summed E-state index contributed by atoms with van der Waals surface area (Å²) in [5.41, 5.74) is 1.04. The molecule has 0 unspecified atom stereocenters. The van der Waals surface area contributed by atoms with Gasteiger partial charge in [0.1, 0.15) is 0 Å². The van der Waals surface area contributed by atoms with E-state index in [1.807, 2.05) is 24.3 Å². The van der Waals surface area contributed by atoms with Crippen molar-refractivity contribution in [1.29, 1.82) is 0 Å². The van der Waals surface area contributed by atoms with Gasteiger partial charge in [-0.2, -0.15) is 13.2 Å². The monoisotopic (exact) mass is 363 g/mol. The lowest BCUT2D eigenvalue weighted by Gasteiger charge is -2.28. The average Bonchev–Trinajstić information content (AvgIpc) is 2.64. The molecule has 0 saturated carbocycles. The predicted octanol–water partition coefficient (Wildman–Crippen LogP) is 3.45. The standard InChI is InChI=1S/C19H16F3NO3/c20-19(21,22)16-7-3-6-14(10-16)18(25)26-12-17(24)23-9-8-13-4-1-2-5-15(13)11-23/h1-7,10H,8-9,11-12H2. The third-order valence-electron chi connectivity index (χ3n) is 4.24. The van der Waals surface area contributed by atoms with Crippen molar-refractivity contribution in [3.63, 3.8) is 0 Å². The first kappa shape index (κ1) is 18.0. The molecular weight excluding hydrogens is 347 g/mol. The number of esters is 1. The van der Waals surface area contributed by atoms with Gasteiger partial charge in [-0.25, -0.2) is 4.79 Å². The summed E-state index contributed by atoms with van der Waals surface area (Å²) in [6.07, 6.45) is -3.84. The van der Waals surface area contributed by atoms with Crippen LogP contribution in [0.4, 0.5) is 13.2 Å². The summed E-state index contributed by atoms with van der Waals surface area (Å²) in [5, 5.41) is 0. The van der Waals surface area contributed by atoms with Crippen LogP contribution in [0.5, 0.6) is 0 Å². The average molecular weight is 363 g/mol. The highest BCUT2D eigenvalue weighted by Crippen LogP contribution is 2.29. The number of ether oxygens (including phenoxy) is 1. The third-order valence-corrected chi connectivity index (χ3v) is 4.24. The van der Waals surface area contributed by atoms with Crippen molar-refractivity contribution in [2.24, 2.45) is 0 Å². The Morgan fingerprint density at radius 1 is 1.04 bits per heavy atom. The molecule has 0 aliphatic carbocycles. The highest BCUT2D eigenvalue weighted by atomic mass is 19.4. The number of nitrogens with zero attached hydrogens (tertiary/aromatic N) is 1. The number of rotatable bonds is 3. The van der Waals surface area contributed by atoms with E-state index in [0.717, 1.165) is 17.7 Å². The number of carbonyl (C=O) groups excluding carboxylic acids is 2. The van der Waals surface area contributed by atoms with Crippen molar-refractivity contribution in [2.75, 3.05) is 13.2 Å². The first-order valence-corrected chi connectivity index (χ1v) is 8.03. The van der Waals surface area contributed by atoms with Gasteiger partial charge in [0.15, 0.2) is 6.61 Å². The van der Waals surface area contributed by atoms with E-state index in [1.165, 1.54) is 11.6 Å².